The van der Waals surface area contributed by atoms with Crippen LogP contribution >= 0.6 is 0 Å². The Morgan fingerprint density at radius 3 is 1.10 bits per heavy atom. The van der Waals surface area contributed by atoms with Crippen molar-refractivity contribution in [1.29, 1.82) is 0 Å². The molecule has 0 aromatic carbocycles. The Kier molecular flexibility index (Phi) is 75.2. The van der Waals surface area contributed by atoms with Crippen LogP contribution in [-0.2, 0) is 22.4 Å². The molecule has 0 aromatic heterocycles. The maximum atomic E-state index is 2.12. The second kappa shape index (κ2) is 23.1. The van der Waals surface area contributed by atoms with E-state index in [0.29, 0.717) is 0 Å². The monoisotopic (exact) mass is 327 g/mol. The molecule has 0 heterocycles. The number of rotatable bonds is 0. The van der Waals surface area contributed by atoms with Gasteiger partial charge in [0.1, 0.15) is 0 Å². The Morgan fingerprint density at radius 1 is 0.700 bits per heavy atom. The predicted molar refractivity (Wildman–Crippen MR) is 32.9 cm³/mol. The van der Waals surface area contributed by atoms with Crippen molar-refractivity contribution >= 4 is 0 Å². The zero-order valence-corrected chi connectivity index (χ0v) is 8.31. The smallest absolute Gasteiger partial charge is 0 e. The van der Waals surface area contributed by atoms with Gasteiger partial charge in [0.2, 0.25) is 0 Å². The Bertz CT molecular complexity index is 71.7. The Morgan fingerprint density at radius 2 is 1.00 bits per heavy atom. The molecular formula is C5H10F4Ta. The van der Waals surface area contributed by atoms with Crippen molar-refractivity contribution in [2.75, 3.05) is 0 Å². The minimum atomic E-state index is 0. The molecule has 0 saturated carbocycles. The van der Waals surface area contributed by atoms with Crippen molar-refractivity contribution in [3.63, 3.8) is 0 Å². The summed E-state index contributed by atoms with van der Waals surface area (Å²) in [5.74, 6) is 0. The molecule has 1 rings (SSSR count). The molecule has 1 aliphatic rings. The van der Waals surface area contributed by atoms with Crippen molar-refractivity contribution in [3.8, 4) is 0 Å². The average molecular weight is 327 g/mol. The number of hydrogen-bond donors (Lipinski definition) is 0. The fourth-order valence-electron chi connectivity index (χ4n) is 0.393. The normalized spacial score (nSPS) is 8.80. The topological polar surface area (TPSA) is 0 Å². The summed E-state index contributed by atoms with van der Waals surface area (Å²) in [7, 11) is 0. The number of hydrogen-bond acceptors (Lipinski definition) is 0. The van der Waals surface area contributed by atoms with Gasteiger partial charge in [0, 0.05) is 22.4 Å². The van der Waals surface area contributed by atoms with Crippen LogP contribution in [0.25, 0.3) is 0 Å². The molecule has 0 nitrogen and oxygen atoms in total. The predicted octanol–water partition coefficient (Wildman–Crippen LogP) is 2.11. The van der Waals surface area contributed by atoms with E-state index >= 15 is 0 Å². The minimum Gasteiger partial charge on any atom is -0.269 e. The molecule has 0 bridgehead atoms. The largest absolute Gasteiger partial charge is 0.269 e. The third-order valence-corrected chi connectivity index (χ3v) is 0.655. The molecule has 0 amide bonds. The van der Waals surface area contributed by atoms with Gasteiger partial charge in [-0.1, -0.05) is 24.3 Å². The van der Waals surface area contributed by atoms with Crippen LogP contribution in [0.4, 0.5) is 18.8 Å². The molecule has 0 N–H and O–H groups in total. The van der Waals surface area contributed by atoms with Crippen LogP contribution in [0.1, 0.15) is 6.42 Å². The van der Waals surface area contributed by atoms with Crippen LogP contribution in [0.3, 0.4) is 0 Å². The van der Waals surface area contributed by atoms with Gasteiger partial charge in [0.15, 0.2) is 0 Å². The third-order valence-electron chi connectivity index (χ3n) is 0.655. The third kappa shape index (κ3) is 15.7. The molecule has 0 aromatic rings. The summed E-state index contributed by atoms with van der Waals surface area (Å²) in [6.07, 6.45) is 9.50. The number of allylic oxidation sites excluding steroid dienone is 4. The zero-order valence-electron chi connectivity index (χ0n) is 5.10. The summed E-state index contributed by atoms with van der Waals surface area (Å²) in [5, 5.41) is 0. The molecule has 0 saturated heterocycles. The molecule has 0 spiro atoms. The van der Waals surface area contributed by atoms with Gasteiger partial charge in [-0.2, -0.15) is 0 Å². The summed E-state index contributed by atoms with van der Waals surface area (Å²) < 4.78 is 0. The van der Waals surface area contributed by atoms with Gasteiger partial charge >= 0.3 is 0 Å². The first-order valence-electron chi connectivity index (χ1n) is 1.82. The molecule has 0 atom stereocenters. The van der Waals surface area contributed by atoms with E-state index in [1.165, 1.54) is 0 Å². The van der Waals surface area contributed by atoms with Crippen molar-refractivity contribution in [2.45, 2.75) is 6.42 Å². The van der Waals surface area contributed by atoms with E-state index in [0.717, 1.165) is 6.42 Å². The summed E-state index contributed by atoms with van der Waals surface area (Å²) in [4.78, 5) is 0. The van der Waals surface area contributed by atoms with Gasteiger partial charge in [0.05, 0.1) is 0 Å². The second-order valence-corrected chi connectivity index (χ2v) is 1.09. The van der Waals surface area contributed by atoms with Crippen LogP contribution in [-0.4, -0.2) is 0 Å². The summed E-state index contributed by atoms with van der Waals surface area (Å²) in [6, 6.07) is 0. The second-order valence-electron chi connectivity index (χ2n) is 1.09. The van der Waals surface area contributed by atoms with E-state index in [-0.39, 0.29) is 41.2 Å². The van der Waals surface area contributed by atoms with Crippen LogP contribution < -0.4 is 0 Å². The molecule has 63 valence electrons. The van der Waals surface area contributed by atoms with Gasteiger partial charge in [-0.05, 0) is 6.42 Å². The molecule has 0 aliphatic heterocycles. The van der Waals surface area contributed by atoms with Gasteiger partial charge in [0.25, 0.3) is 0 Å². The van der Waals surface area contributed by atoms with Crippen molar-refractivity contribution in [1.82, 2.24) is 0 Å². The van der Waals surface area contributed by atoms with Gasteiger partial charge in [-0.15, -0.1) is 0 Å². The fraction of sp³-hybridized carbons (Fsp3) is 0.200. The van der Waals surface area contributed by atoms with E-state index in [2.05, 4.69) is 24.3 Å². The van der Waals surface area contributed by atoms with Crippen LogP contribution in [0.5, 0.6) is 0 Å². The van der Waals surface area contributed by atoms with Crippen LogP contribution in [0.2, 0.25) is 0 Å². The van der Waals surface area contributed by atoms with Crippen molar-refractivity contribution in [3.05, 3.63) is 24.3 Å². The van der Waals surface area contributed by atoms with Gasteiger partial charge in [-0.25, -0.2) is 0 Å². The van der Waals surface area contributed by atoms with E-state index in [9.17, 15) is 0 Å². The fourth-order valence-corrected chi connectivity index (χ4v) is 0.393. The summed E-state index contributed by atoms with van der Waals surface area (Å²) >= 11 is 0. The van der Waals surface area contributed by atoms with Crippen LogP contribution in [0, 0.1) is 0 Å². The minimum absolute atomic E-state index is 0. The molecular weight excluding hydrogens is 317 g/mol. The Balaban J connectivity index is -0.0000000167. The summed E-state index contributed by atoms with van der Waals surface area (Å²) in [6.45, 7) is 0. The quantitative estimate of drug-likeness (QED) is 0.598. The summed E-state index contributed by atoms with van der Waals surface area (Å²) in [5.41, 5.74) is 0. The van der Waals surface area contributed by atoms with Crippen molar-refractivity contribution < 1.29 is 41.2 Å². The van der Waals surface area contributed by atoms with Gasteiger partial charge < -0.3 is 0 Å². The molecule has 0 fully saturated rings. The Hall–Kier alpha value is -0.0597. The molecule has 10 heavy (non-hydrogen) atoms. The Labute approximate surface area is 72.4 Å². The maximum absolute atomic E-state index is 2.12. The van der Waals surface area contributed by atoms with Crippen molar-refractivity contribution in [2.24, 2.45) is 0 Å². The van der Waals surface area contributed by atoms with E-state index in [1.807, 2.05) is 0 Å². The SMILES string of the molecule is C1=CCC=C1.F.F.F.F.[Ta]. The first-order valence-corrected chi connectivity index (χ1v) is 1.82. The molecule has 0 unspecified atom stereocenters. The zero-order chi connectivity index (χ0) is 3.54. The number of halogens is 4. The van der Waals surface area contributed by atoms with E-state index < -0.39 is 0 Å². The maximum Gasteiger partial charge on any atom is 0 e. The molecule has 5 heteroatoms. The first-order chi connectivity index (χ1) is 2.50. The average Bonchev–Trinajstić information content (AvgIpc) is 1.76. The standard InChI is InChI=1S/C5H6.4FH.Ta/c1-2-4-5-3-1;;;;;/h1-4H,5H2;4*1H;. The van der Waals surface area contributed by atoms with E-state index in [4.69, 9.17) is 0 Å². The van der Waals surface area contributed by atoms with Crippen LogP contribution in [0.15, 0.2) is 24.3 Å². The molecule has 1 aliphatic carbocycles. The first kappa shape index (κ1) is 32.6. The van der Waals surface area contributed by atoms with E-state index in [1.54, 1.807) is 0 Å². The van der Waals surface area contributed by atoms with Gasteiger partial charge in [-0.3, -0.25) is 18.8 Å². The molecule has 1 radical (unpaired) electrons.